The third-order valence-electron chi connectivity index (χ3n) is 2.80. The number of pyridine rings is 1. The number of thiophene rings is 1. The van der Waals surface area contributed by atoms with Gasteiger partial charge in [-0.2, -0.15) is 0 Å². The minimum atomic E-state index is -0.379. The summed E-state index contributed by atoms with van der Waals surface area (Å²) in [7, 11) is 0. The van der Waals surface area contributed by atoms with Crippen LogP contribution in [0.15, 0.2) is 54.4 Å². The lowest BCUT2D eigenvalue weighted by Crippen LogP contribution is -2.14. The van der Waals surface area contributed by atoms with E-state index < -0.39 is 0 Å². The molecule has 0 aliphatic carbocycles. The van der Waals surface area contributed by atoms with Gasteiger partial charge in [-0.05, 0) is 23.6 Å². The zero-order chi connectivity index (χ0) is 16.1. The number of carbonyl (C=O) groups excluding carboxylic acids is 2. The molecule has 0 fully saturated rings. The van der Waals surface area contributed by atoms with Crippen molar-refractivity contribution < 1.29 is 9.59 Å². The van der Waals surface area contributed by atoms with E-state index in [1.807, 2.05) is 5.38 Å². The van der Waals surface area contributed by atoms with E-state index >= 15 is 0 Å². The van der Waals surface area contributed by atoms with Crippen molar-refractivity contribution in [2.45, 2.75) is 0 Å². The molecule has 7 nitrogen and oxygen atoms in total. The smallest absolute Gasteiger partial charge is 0.275 e. The number of amides is 2. The monoisotopic (exact) mass is 325 g/mol. The number of hydrogen-bond donors (Lipinski definition) is 2. The minimum Gasteiger partial charge on any atom is -0.319 e. The summed E-state index contributed by atoms with van der Waals surface area (Å²) in [5.41, 5.74) is 0.706. The first-order valence-electron chi connectivity index (χ1n) is 6.60. The normalized spacial score (nSPS) is 10.1. The summed E-state index contributed by atoms with van der Waals surface area (Å²) in [5, 5.41) is 7.16. The topological polar surface area (TPSA) is 96.9 Å². The molecule has 0 aliphatic rings. The summed E-state index contributed by atoms with van der Waals surface area (Å²) in [6.07, 6.45) is 5.76. The Labute approximate surface area is 135 Å². The third-order valence-corrected chi connectivity index (χ3v) is 3.67. The van der Waals surface area contributed by atoms with E-state index in [0.29, 0.717) is 16.4 Å². The molecule has 0 unspecified atom stereocenters. The number of carbonyl (C=O) groups is 2. The molecule has 0 aliphatic heterocycles. The largest absolute Gasteiger partial charge is 0.319 e. The number of aromatic nitrogens is 3. The van der Waals surface area contributed by atoms with Crippen LogP contribution >= 0.6 is 11.3 Å². The minimum absolute atomic E-state index is 0.211. The molecule has 114 valence electrons. The molecule has 0 atom stereocenters. The number of anilines is 2. The summed E-state index contributed by atoms with van der Waals surface area (Å²) in [6.45, 7) is 0. The molecule has 8 heteroatoms. The van der Waals surface area contributed by atoms with Crippen LogP contribution in [0.25, 0.3) is 0 Å². The zero-order valence-electron chi connectivity index (χ0n) is 11.8. The zero-order valence-corrected chi connectivity index (χ0v) is 12.6. The van der Waals surface area contributed by atoms with Gasteiger partial charge in [0.25, 0.3) is 11.8 Å². The predicted octanol–water partition coefficient (Wildman–Crippen LogP) is 2.44. The van der Waals surface area contributed by atoms with Crippen LogP contribution in [0.2, 0.25) is 0 Å². The molecule has 0 spiro atoms. The van der Waals surface area contributed by atoms with Gasteiger partial charge in [-0.25, -0.2) is 9.97 Å². The maximum atomic E-state index is 11.9. The van der Waals surface area contributed by atoms with Gasteiger partial charge in [0.15, 0.2) is 0 Å². The van der Waals surface area contributed by atoms with Crippen LogP contribution in [0.4, 0.5) is 11.5 Å². The number of hydrogen-bond acceptors (Lipinski definition) is 6. The quantitative estimate of drug-likeness (QED) is 0.768. The van der Waals surface area contributed by atoms with Crippen molar-refractivity contribution in [2.75, 3.05) is 10.6 Å². The van der Waals surface area contributed by atoms with E-state index in [0.717, 1.165) is 0 Å². The van der Waals surface area contributed by atoms with Gasteiger partial charge in [0.2, 0.25) is 0 Å². The lowest BCUT2D eigenvalue weighted by atomic mass is 10.3. The molecule has 2 amide bonds. The van der Waals surface area contributed by atoms with Crippen molar-refractivity contribution in [1.29, 1.82) is 0 Å². The molecule has 0 aromatic carbocycles. The predicted molar refractivity (Wildman–Crippen MR) is 86.5 cm³/mol. The van der Waals surface area contributed by atoms with Gasteiger partial charge < -0.3 is 10.6 Å². The molecular formula is C15H11N5O2S. The van der Waals surface area contributed by atoms with Crippen molar-refractivity contribution in [3.05, 3.63) is 65.0 Å². The Hall–Kier alpha value is -3.13. The highest BCUT2D eigenvalue weighted by molar-refractivity contribution is 7.12. The van der Waals surface area contributed by atoms with Crippen molar-refractivity contribution in [3.63, 3.8) is 0 Å². The Balaban J connectivity index is 1.63. The first kappa shape index (κ1) is 14.8. The van der Waals surface area contributed by atoms with E-state index in [-0.39, 0.29) is 17.5 Å². The summed E-state index contributed by atoms with van der Waals surface area (Å²) in [6, 6.07) is 6.79. The maximum Gasteiger partial charge on any atom is 0.275 e. The highest BCUT2D eigenvalue weighted by Crippen LogP contribution is 2.14. The van der Waals surface area contributed by atoms with Crippen molar-refractivity contribution >= 4 is 34.7 Å². The highest BCUT2D eigenvalue weighted by Gasteiger charge is 2.09. The standard InChI is InChI=1S/C15H11N5O2S/c21-14(11-9-16-5-6-17-11)19-10-3-4-13(18-8-10)20-15(22)12-2-1-7-23-12/h1-9H,(H,19,21)(H,18,20,22). The van der Waals surface area contributed by atoms with Crippen molar-refractivity contribution in [2.24, 2.45) is 0 Å². The van der Waals surface area contributed by atoms with E-state index in [9.17, 15) is 9.59 Å². The second-order valence-electron chi connectivity index (χ2n) is 4.41. The Morgan fingerprint density at radius 2 is 1.87 bits per heavy atom. The van der Waals surface area contributed by atoms with E-state index in [1.165, 1.54) is 36.1 Å². The van der Waals surface area contributed by atoms with Crippen LogP contribution in [-0.2, 0) is 0 Å². The molecule has 0 bridgehead atoms. The third kappa shape index (κ3) is 3.74. The van der Waals surface area contributed by atoms with Crippen LogP contribution in [0.5, 0.6) is 0 Å². The molecule has 0 saturated carbocycles. The summed E-state index contributed by atoms with van der Waals surface area (Å²) < 4.78 is 0. The first-order valence-corrected chi connectivity index (χ1v) is 7.48. The Bertz CT molecular complexity index is 804. The first-order chi connectivity index (χ1) is 11.2. The molecule has 0 radical (unpaired) electrons. The fourth-order valence-electron chi connectivity index (χ4n) is 1.74. The van der Waals surface area contributed by atoms with Gasteiger partial charge in [0.05, 0.1) is 23.0 Å². The molecule has 3 aromatic heterocycles. The fraction of sp³-hybridized carbons (Fsp3) is 0. The molecule has 3 rings (SSSR count). The SMILES string of the molecule is O=C(Nc1ccc(NC(=O)c2cccs2)nc1)c1cnccn1. The molecule has 0 saturated heterocycles. The number of nitrogens with one attached hydrogen (secondary N) is 2. The van der Waals surface area contributed by atoms with Gasteiger partial charge in [-0.3, -0.25) is 14.6 Å². The summed E-state index contributed by atoms with van der Waals surface area (Å²) in [4.78, 5) is 36.3. The number of rotatable bonds is 4. The van der Waals surface area contributed by atoms with Crippen LogP contribution < -0.4 is 10.6 Å². The Morgan fingerprint density at radius 3 is 2.52 bits per heavy atom. The van der Waals surface area contributed by atoms with Crippen molar-refractivity contribution in [3.8, 4) is 0 Å². The van der Waals surface area contributed by atoms with Crippen molar-refractivity contribution in [1.82, 2.24) is 15.0 Å². The highest BCUT2D eigenvalue weighted by atomic mass is 32.1. The average Bonchev–Trinajstić information content (AvgIpc) is 3.12. The van der Waals surface area contributed by atoms with E-state index in [1.54, 1.807) is 24.3 Å². The van der Waals surface area contributed by atoms with Gasteiger partial charge in [0.1, 0.15) is 11.5 Å². The molecule has 23 heavy (non-hydrogen) atoms. The Morgan fingerprint density at radius 1 is 0.957 bits per heavy atom. The van der Waals surface area contributed by atoms with Crippen LogP contribution in [0, 0.1) is 0 Å². The molecule has 2 N–H and O–H groups in total. The van der Waals surface area contributed by atoms with Crippen LogP contribution in [0.3, 0.4) is 0 Å². The lowest BCUT2D eigenvalue weighted by molar-refractivity contribution is 0.101. The van der Waals surface area contributed by atoms with Crippen LogP contribution in [-0.4, -0.2) is 26.8 Å². The van der Waals surface area contributed by atoms with Gasteiger partial charge in [-0.15, -0.1) is 11.3 Å². The maximum absolute atomic E-state index is 11.9. The summed E-state index contributed by atoms with van der Waals surface area (Å²) >= 11 is 1.35. The Kier molecular flexibility index (Phi) is 4.34. The lowest BCUT2D eigenvalue weighted by Gasteiger charge is -2.06. The number of nitrogens with zero attached hydrogens (tertiary/aromatic N) is 3. The molecule has 3 aromatic rings. The van der Waals surface area contributed by atoms with Gasteiger partial charge >= 0.3 is 0 Å². The van der Waals surface area contributed by atoms with Crippen LogP contribution in [0.1, 0.15) is 20.2 Å². The summed E-state index contributed by atoms with van der Waals surface area (Å²) in [5.74, 6) is -0.194. The second-order valence-corrected chi connectivity index (χ2v) is 5.36. The average molecular weight is 325 g/mol. The fourth-order valence-corrected chi connectivity index (χ4v) is 2.36. The van der Waals surface area contributed by atoms with E-state index in [4.69, 9.17) is 0 Å². The molecular weight excluding hydrogens is 314 g/mol. The van der Waals surface area contributed by atoms with E-state index in [2.05, 4.69) is 25.6 Å². The second kappa shape index (κ2) is 6.75. The van der Waals surface area contributed by atoms with Gasteiger partial charge in [0, 0.05) is 12.4 Å². The molecule has 3 heterocycles. The van der Waals surface area contributed by atoms with Gasteiger partial charge in [-0.1, -0.05) is 6.07 Å².